The van der Waals surface area contributed by atoms with Gasteiger partial charge in [-0.3, -0.25) is 9.59 Å². The fraction of sp³-hybridized carbons (Fsp3) is 0.231. The first kappa shape index (κ1) is 23.5. The summed E-state index contributed by atoms with van der Waals surface area (Å²) in [4.78, 5) is 28.2. The van der Waals surface area contributed by atoms with E-state index in [4.69, 9.17) is 11.6 Å². The molecule has 0 bridgehead atoms. The number of halogens is 1. The normalized spacial score (nSPS) is 18.6. The van der Waals surface area contributed by atoms with Gasteiger partial charge in [0.1, 0.15) is 6.54 Å². The maximum Gasteiger partial charge on any atom is 0.255 e. The summed E-state index contributed by atoms with van der Waals surface area (Å²) in [6, 6.07) is 20.1. The molecule has 1 fully saturated rings. The third kappa shape index (κ3) is 4.57. The molecular weight excluding hydrogens is 486 g/mol. The van der Waals surface area contributed by atoms with E-state index in [1.54, 1.807) is 12.1 Å². The Morgan fingerprint density at radius 2 is 1.63 bits per heavy atom. The van der Waals surface area contributed by atoms with Gasteiger partial charge in [0.15, 0.2) is 0 Å². The minimum atomic E-state index is -3.59. The maximum absolute atomic E-state index is 13.7. The molecule has 1 unspecified atom stereocenters. The minimum absolute atomic E-state index is 0.157. The van der Waals surface area contributed by atoms with Gasteiger partial charge in [-0.2, -0.15) is 4.31 Å². The molecule has 0 saturated carbocycles. The summed E-state index contributed by atoms with van der Waals surface area (Å²) in [6.45, 7) is 0.848. The van der Waals surface area contributed by atoms with Crippen LogP contribution in [0, 0.1) is 0 Å². The van der Waals surface area contributed by atoms with Gasteiger partial charge < -0.3 is 10.2 Å². The fourth-order valence-corrected chi connectivity index (χ4v) is 6.36. The standard InChI is InChI=1S/C26H24ClN3O4S/c27-20-10-13-22-23(16-20)28-24(31)17-30(25(22)18-6-2-1-3-7-18)26(32)19-8-11-21(12-9-19)35(33,34)29-14-4-5-15-29/h1-3,6-13,16,25H,4-5,14-15,17H2,(H,28,31). The van der Waals surface area contributed by atoms with Gasteiger partial charge in [0, 0.05) is 34.9 Å². The monoisotopic (exact) mass is 509 g/mol. The summed E-state index contributed by atoms with van der Waals surface area (Å²) >= 11 is 6.18. The van der Waals surface area contributed by atoms with Gasteiger partial charge in [0.25, 0.3) is 5.91 Å². The van der Waals surface area contributed by atoms with Crippen molar-refractivity contribution < 1.29 is 18.0 Å². The number of nitrogens with zero attached hydrogens (tertiary/aromatic N) is 2. The smallest absolute Gasteiger partial charge is 0.255 e. The number of carbonyl (C=O) groups excluding carboxylic acids is 2. The third-order valence-corrected chi connectivity index (χ3v) is 8.54. The first-order chi connectivity index (χ1) is 16.8. The lowest BCUT2D eigenvalue weighted by Crippen LogP contribution is -2.39. The molecule has 2 amide bonds. The molecule has 2 aliphatic heterocycles. The van der Waals surface area contributed by atoms with Crippen LogP contribution in [-0.2, 0) is 14.8 Å². The number of anilines is 1. The van der Waals surface area contributed by atoms with Crippen LogP contribution in [-0.4, -0.2) is 49.1 Å². The van der Waals surface area contributed by atoms with Gasteiger partial charge in [-0.1, -0.05) is 48.0 Å². The molecule has 5 rings (SSSR count). The topological polar surface area (TPSA) is 86.8 Å². The van der Waals surface area contributed by atoms with Crippen LogP contribution in [0.3, 0.4) is 0 Å². The summed E-state index contributed by atoms with van der Waals surface area (Å²) < 4.78 is 27.2. The van der Waals surface area contributed by atoms with Crippen molar-refractivity contribution in [2.24, 2.45) is 0 Å². The summed E-state index contributed by atoms with van der Waals surface area (Å²) in [7, 11) is -3.59. The molecule has 2 aliphatic rings. The Kier molecular flexibility index (Phi) is 6.35. The van der Waals surface area contributed by atoms with Crippen LogP contribution in [0.25, 0.3) is 0 Å². The molecule has 180 valence electrons. The molecule has 35 heavy (non-hydrogen) atoms. The number of hydrogen-bond donors (Lipinski definition) is 1. The Balaban J connectivity index is 1.53. The van der Waals surface area contributed by atoms with Crippen LogP contribution in [0.15, 0.2) is 77.7 Å². The maximum atomic E-state index is 13.7. The van der Waals surface area contributed by atoms with Crippen molar-refractivity contribution in [3.63, 3.8) is 0 Å². The van der Waals surface area contributed by atoms with Gasteiger partial charge >= 0.3 is 0 Å². The van der Waals surface area contributed by atoms with E-state index in [2.05, 4.69) is 5.32 Å². The molecule has 0 radical (unpaired) electrons. The Morgan fingerprint density at radius 3 is 2.31 bits per heavy atom. The molecule has 1 N–H and O–H groups in total. The number of carbonyl (C=O) groups is 2. The summed E-state index contributed by atoms with van der Waals surface area (Å²) in [6.07, 6.45) is 1.70. The van der Waals surface area contributed by atoms with E-state index in [1.807, 2.05) is 36.4 Å². The molecule has 7 nitrogen and oxygen atoms in total. The number of hydrogen-bond acceptors (Lipinski definition) is 4. The molecule has 9 heteroatoms. The van der Waals surface area contributed by atoms with Crippen molar-refractivity contribution in [1.82, 2.24) is 9.21 Å². The summed E-state index contributed by atoms with van der Waals surface area (Å²) in [5.74, 6) is -0.713. The van der Waals surface area contributed by atoms with Crippen LogP contribution < -0.4 is 5.32 Å². The highest BCUT2D eigenvalue weighted by molar-refractivity contribution is 7.89. The van der Waals surface area contributed by atoms with Crippen molar-refractivity contribution in [2.45, 2.75) is 23.8 Å². The summed E-state index contributed by atoms with van der Waals surface area (Å²) in [5.41, 5.74) is 2.44. The van der Waals surface area contributed by atoms with Gasteiger partial charge in [-0.15, -0.1) is 0 Å². The van der Waals surface area contributed by atoms with E-state index in [9.17, 15) is 18.0 Å². The lowest BCUT2D eigenvalue weighted by atomic mass is 9.95. The molecule has 2 heterocycles. The number of amides is 2. The fourth-order valence-electron chi connectivity index (χ4n) is 4.68. The van der Waals surface area contributed by atoms with Gasteiger partial charge in [-0.25, -0.2) is 8.42 Å². The number of nitrogens with one attached hydrogen (secondary N) is 1. The van der Waals surface area contributed by atoms with E-state index in [1.165, 1.54) is 33.5 Å². The highest BCUT2D eigenvalue weighted by Crippen LogP contribution is 2.37. The number of rotatable bonds is 4. The van der Waals surface area contributed by atoms with Crippen LogP contribution >= 0.6 is 11.6 Å². The van der Waals surface area contributed by atoms with E-state index in [-0.39, 0.29) is 23.3 Å². The molecule has 1 saturated heterocycles. The first-order valence-electron chi connectivity index (χ1n) is 11.4. The zero-order valence-electron chi connectivity index (χ0n) is 18.9. The molecule has 3 aromatic carbocycles. The van der Waals surface area contributed by atoms with Crippen molar-refractivity contribution in [3.05, 3.63) is 94.5 Å². The van der Waals surface area contributed by atoms with Crippen LogP contribution in [0.1, 0.15) is 40.4 Å². The van der Waals surface area contributed by atoms with E-state index in [0.29, 0.717) is 29.4 Å². The second-order valence-electron chi connectivity index (χ2n) is 8.66. The van der Waals surface area contributed by atoms with Crippen molar-refractivity contribution in [1.29, 1.82) is 0 Å². The van der Waals surface area contributed by atoms with Crippen molar-refractivity contribution in [2.75, 3.05) is 25.0 Å². The predicted octanol–water partition coefficient (Wildman–Crippen LogP) is 4.31. The molecular formula is C26H24ClN3O4S. The quantitative estimate of drug-likeness (QED) is 0.568. The zero-order valence-corrected chi connectivity index (χ0v) is 20.4. The lowest BCUT2D eigenvalue weighted by Gasteiger charge is -2.30. The molecule has 1 atom stereocenters. The second-order valence-corrected chi connectivity index (χ2v) is 11.0. The molecule has 0 aromatic heterocycles. The van der Waals surface area contributed by atoms with Crippen LogP contribution in [0.2, 0.25) is 5.02 Å². The highest BCUT2D eigenvalue weighted by Gasteiger charge is 2.34. The number of benzene rings is 3. The Labute approximate surface area is 209 Å². The SMILES string of the molecule is O=C1CN(C(=O)c2ccc(S(=O)(=O)N3CCCC3)cc2)C(c2ccccc2)c2ccc(Cl)cc2N1. The highest BCUT2D eigenvalue weighted by atomic mass is 35.5. The molecule has 0 spiro atoms. The Hall–Kier alpha value is -3.20. The largest absolute Gasteiger partial charge is 0.324 e. The number of sulfonamides is 1. The van der Waals surface area contributed by atoms with E-state index in [0.717, 1.165) is 24.0 Å². The average molecular weight is 510 g/mol. The minimum Gasteiger partial charge on any atom is -0.324 e. The first-order valence-corrected chi connectivity index (χ1v) is 13.2. The summed E-state index contributed by atoms with van der Waals surface area (Å²) in [5, 5.41) is 3.33. The third-order valence-electron chi connectivity index (χ3n) is 6.39. The van der Waals surface area contributed by atoms with Crippen molar-refractivity contribution in [3.8, 4) is 0 Å². The Morgan fingerprint density at radius 1 is 0.943 bits per heavy atom. The molecule has 0 aliphatic carbocycles. The van der Waals surface area contributed by atoms with Gasteiger partial charge in [0.05, 0.1) is 10.9 Å². The Bertz CT molecular complexity index is 1370. The second kappa shape index (κ2) is 9.45. The van der Waals surface area contributed by atoms with Gasteiger partial charge in [-0.05, 0) is 54.8 Å². The molecule has 3 aromatic rings. The van der Waals surface area contributed by atoms with E-state index >= 15 is 0 Å². The van der Waals surface area contributed by atoms with Crippen LogP contribution in [0.4, 0.5) is 5.69 Å². The predicted molar refractivity (Wildman–Crippen MR) is 134 cm³/mol. The average Bonchev–Trinajstić information content (AvgIpc) is 3.37. The van der Waals surface area contributed by atoms with Crippen LogP contribution in [0.5, 0.6) is 0 Å². The van der Waals surface area contributed by atoms with E-state index < -0.39 is 16.1 Å². The zero-order chi connectivity index (χ0) is 24.6. The van der Waals surface area contributed by atoms with Gasteiger partial charge in [0.2, 0.25) is 15.9 Å². The van der Waals surface area contributed by atoms with Crippen molar-refractivity contribution >= 4 is 39.1 Å². The lowest BCUT2D eigenvalue weighted by molar-refractivity contribution is -0.117. The number of fused-ring (bicyclic) bond motifs is 1.